The fourth-order valence-electron chi connectivity index (χ4n) is 8.16. The van der Waals surface area contributed by atoms with Gasteiger partial charge in [-0.1, -0.05) is 27.7 Å². The van der Waals surface area contributed by atoms with Crippen LogP contribution in [0.4, 0.5) is 0 Å². The Morgan fingerprint density at radius 2 is 1.62 bits per heavy atom. The van der Waals surface area contributed by atoms with Crippen LogP contribution < -0.4 is 0 Å². The van der Waals surface area contributed by atoms with E-state index in [4.69, 9.17) is 9.47 Å². The van der Waals surface area contributed by atoms with E-state index in [0.717, 1.165) is 0 Å². The van der Waals surface area contributed by atoms with Crippen molar-refractivity contribution in [2.75, 3.05) is 0 Å². The number of carbonyl (C=O) groups excluding carboxylic acids is 4. The molecule has 0 unspecified atom stereocenters. The molecule has 0 aromatic heterocycles. The van der Waals surface area contributed by atoms with Crippen LogP contribution in [-0.4, -0.2) is 57.6 Å². The molecule has 8 nitrogen and oxygen atoms in total. The summed E-state index contributed by atoms with van der Waals surface area (Å²) in [6.45, 7) is 9.70. The van der Waals surface area contributed by atoms with E-state index in [9.17, 15) is 29.4 Å². The standard InChI is InChI=1S/C24H30O8/c1-9-8-23(9)19(29)14-15(28)16(31-10(2)25)18-21(4,5)13(27)7-12-22(18,6)17(14)24(12,30)20(23)32-11(3)26/h9,12,15-16,18,20,28,30H,7-8H2,1-6H3/t9-,12-,15-,16+,18-,20+,22+,23+,24+/m0/s1. The van der Waals surface area contributed by atoms with Crippen molar-refractivity contribution in [2.45, 2.75) is 78.3 Å². The Kier molecular flexibility index (Phi) is 4.01. The van der Waals surface area contributed by atoms with Crippen LogP contribution >= 0.6 is 0 Å². The molecule has 3 saturated carbocycles. The van der Waals surface area contributed by atoms with Crippen LogP contribution in [0.15, 0.2) is 11.1 Å². The monoisotopic (exact) mass is 446 g/mol. The molecule has 0 radical (unpaired) electrons. The van der Waals surface area contributed by atoms with E-state index in [-0.39, 0.29) is 29.5 Å². The van der Waals surface area contributed by atoms with Gasteiger partial charge < -0.3 is 19.7 Å². The average molecular weight is 446 g/mol. The van der Waals surface area contributed by atoms with Crippen LogP contribution in [0.25, 0.3) is 0 Å². The molecular formula is C24H30O8. The summed E-state index contributed by atoms with van der Waals surface area (Å²) in [5.41, 5.74) is -4.27. The minimum Gasteiger partial charge on any atom is -0.459 e. The number of hydrogen-bond donors (Lipinski definition) is 2. The van der Waals surface area contributed by atoms with Gasteiger partial charge in [-0.25, -0.2) is 0 Å². The van der Waals surface area contributed by atoms with Crippen molar-refractivity contribution in [1.29, 1.82) is 0 Å². The third kappa shape index (κ3) is 2.07. The van der Waals surface area contributed by atoms with Gasteiger partial charge >= 0.3 is 11.9 Å². The average Bonchev–Trinajstić information content (AvgIpc) is 3.34. The summed E-state index contributed by atoms with van der Waals surface area (Å²) < 4.78 is 11.2. The summed E-state index contributed by atoms with van der Waals surface area (Å²) in [6, 6.07) is 0. The number of aliphatic hydroxyl groups is 2. The molecule has 0 bridgehead atoms. The Morgan fingerprint density at radius 1 is 1.06 bits per heavy atom. The molecule has 0 aromatic rings. The highest BCUT2D eigenvalue weighted by Gasteiger charge is 2.86. The normalized spacial score (nSPS) is 49.9. The third-order valence-corrected chi connectivity index (χ3v) is 9.41. The summed E-state index contributed by atoms with van der Waals surface area (Å²) in [4.78, 5) is 51.2. The molecule has 3 fully saturated rings. The second-order valence-corrected chi connectivity index (χ2v) is 11.3. The van der Waals surface area contributed by atoms with E-state index < -0.39 is 63.9 Å². The zero-order valence-electron chi connectivity index (χ0n) is 19.2. The fourth-order valence-corrected chi connectivity index (χ4v) is 8.16. The zero-order chi connectivity index (χ0) is 23.8. The number of fused-ring (bicyclic) bond motifs is 1. The molecule has 5 aliphatic rings. The van der Waals surface area contributed by atoms with E-state index in [1.165, 1.54) is 13.8 Å². The molecule has 1 spiro atoms. The van der Waals surface area contributed by atoms with Crippen molar-refractivity contribution in [3.8, 4) is 0 Å². The molecule has 174 valence electrons. The van der Waals surface area contributed by atoms with Crippen molar-refractivity contribution in [3.63, 3.8) is 0 Å². The molecule has 9 atom stereocenters. The van der Waals surface area contributed by atoms with Gasteiger partial charge in [-0.3, -0.25) is 19.2 Å². The smallest absolute Gasteiger partial charge is 0.303 e. The topological polar surface area (TPSA) is 127 Å². The summed E-state index contributed by atoms with van der Waals surface area (Å²) in [6.07, 6.45) is -3.23. The van der Waals surface area contributed by atoms with Crippen LogP contribution in [0, 0.1) is 34.0 Å². The second-order valence-electron chi connectivity index (χ2n) is 11.3. The first-order valence-electron chi connectivity index (χ1n) is 11.3. The van der Waals surface area contributed by atoms with Gasteiger partial charge in [0.2, 0.25) is 0 Å². The highest BCUT2D eigenvalue weighted by Crippen LogP contribution is 2.79. The van der Waals surface area contributed by atoms with Crippen LogP contribution in [-0.2, 0) is 28.7 Å². The summed E-state index contributed by atoms with van der Waals surface area (Å²) in [7, 11) is 0. The molecule has 8 heteroatoms. The van der Waals surface area contributed by atoms with Crippen LogP contribution in [0.1, 0.15) is 54.4 Å². The van der Waals surface area contributed by atoms with Crippen molar-refractivity contribution < 1.29 is 38.9 Å². The molecule has 0 aliphatic heterocycles. The fraction of sp³-hybridized carbons (Fsp3) is 0.750. The van der Waals surface area contributed by atoms with Crippen LogP contribution in [0.3, 0.4) is 0 Å². The number of rotatable bonds is 2. The number of ketones is 2. The second kappa shape index (κ2) is 5.89. The van der Waals surface area contributed by atoms with Gasteiger partial charge in [0.05, 0.1) is 5.41 Å². The van der Waals surface area contributed by atoms with Gasteiger partial charge in [0.15, 0.2) is 5.78 Å². The van der Waals surface area contributed by atoms with Gasteiger partial charge in [0.25, 0.3) is 0 Å². The van der Waals surface area contributed by atoms with Crippen molar-refractivity contribution in [3.05, 3.63) is 11.1 Å². The lowest BCUT2D eigenvalue weighted by Gasteiger charge is -2.74. The Balaban J connectivity index is 1.80. The van der Waals surface area contributed by atoms with E-state index in [1.807, 2.05) is 13.8 Å². The first kappa shape index (κ1) is 21.8. The van der Waals surface area contributed by atoms with E-state index in [1.54, 1.807) is 13.8 Å². The molecule has 5 rings (SSSR count). The highest BCUT2D eigenvalue weighted by molar-refractivity contribution is 6.08. The number of aliphatic hydroxyl groups excluding tert-OH is 1. The Hall–Kier alpha value is -2.06. The molecule has 32 heavy (non-hydrogen) atoms. The summed E-state index contributed by atoms with van der Waals surface area (Å²) in [5.74, 6) is -3.14. The molecule has 2 N–H and O–H groups in total. The lowest BCUT2D eigenvalue weighted by Crippen LogP contribution is -2.82. The quantitative estimate of drug-likeness (QED) is 0.604. The maximum Gasteiger partial charge on any atom is 0.303 e. The third-order valence-electron chi connectivity index (χ3n) is 9.41. The van der Waals surface area contributed by atoms with Gasteiger partial charge in [0.1, 0.15) is 29.7 Å². The predicted octanol–water partition coefficient (Wildman–Crippen LogP) is 1.11. The maximum absolute atomic E-state index is 13.9. The predicted molar refractivity (Wildman–Crippen MR) is 109 cm³/mol. The van der Waals surface area contributed by atoms with Gasteiger partial charge in [-0.05, 0) is 17.9 Å². The van der Waals surface area contributed by atoms with Gasteiger partial charge in [-0.15, -0.1) is 0 Å². The molecular weight excluding hydrogens is 416 g/mol. The van der Waals surface area contributed by atoms with Gasteiger partial charge in [-0.2, -0.15) is 0 Å². The number of carbonyl (C=O) groups is 4. The Bertz CT molecular complexity index is 1030. The number of Topliss-reactive ketones (excluding diaryl/α,β-unsaturated/α-hetero) is 2. The lowest BCUT2D eigenvalue weighted by atomic mass is 9.30. The molecule has 0 aromatic carbocycles. The first-order valence-corrected chi connectivity index (χ1v) is 11.3. The number of hydrogen-bond acceptors (Lipinski definition) is 8. The lowest BCUT2D eigenvalue weighted by molar-refractivity contribution is -0.271. The highest BCUT2D eigenvalue weighted by atomic mass is 16.6. The Labute approximate surface area is 186 Å². The van der Waals surface area contributed by atoms with Crippen molar-refractivity contribution >= 4 is 23.5 Å². The SMILES string of the molecule is CC(=O)O[C@@H]1[C@@H](O)C2=C3[C@]4(C)[C@@H]1C(C)(C)C(=O)C[C@@H]4[C@]3(O)[C@H](OC(C)=O)[C@@]1(C[C@@H]1C)C2=O. The van der Waals surface area contributed by atoms with Crippen molar-refractivity contribution in [2.24, 2.45) is 34.0 Å². The minimum atomic E-state index is -1.72. The number of ether oxygens (including phenoxy) is 2. The molecule has 0 amide bonds. The number of esters is 2. The van der Waals surface area contributed by atoms with Crippen molar-refractivity contribution in [1.82, 2.24) is 0 Å². The largest absolute Gasteiger partial charge is 0.459 e. The zero-order valence-corrected chi connectivity index (χ0v) is 19.2. The van der Waals surface area contributed by atoms with E-state index in [0.29, 0.717) is 12.0 Å². The van der Waals surface area contributed by atoms with Gasteiger partial charge in [0, 0.05) is 48.5 Å². The van der Waals surface area contributed by atoms with Crippen LogP contribution in [0.2, 0.25) is 0 Å². The molecule has 5 aliphatic carbocycles. The molecule has 0 heterocycles. The molecule has 0 saturated heterocycles. The minimum absolute atomic E-state index is 0.0482. The summed E-state index contributed by atoms with van der Waals surface area (Å²) >= 11 is 0. The maximum atomic E-state index is 13.9. The Morgan fingerprint density at radius 3 is 2.12 bits per heavy atom. The summed E-state index contributed by atoms with van der Waals surface area (Å²) in [5, 5.41) is 23.6. The van der Waals surface area contributed by atoms with E-state index >= 15 is 0 Å². The first-order chi connectivity index (χ1) is 14.7. The van der Waals surface area contributed by atoms with E-state index in [2.05, 4.69) is 0 Å². The van der Waals surface area contributed by atoms with Crippen LogP contribution in [0.5, 0.6) is 0 Å².